The summed E-state index contributed by atoms with van der Waals surface area (Å²) in [5.41, 5.74) is 2.16. The number of aromatic nitrogens is 1. The number of methoxy groups -OCH3 is 1. The first-order chi connectivity index (χ1) is 14.9. The van der Waals surface area contributed by atoms with Gasteiger partial charge in [-0.15, -0.1) is 0 Å². The maximum atomic E-state index is 12.7. The standard InChI is InChI=1S/C22H21N3O6/c1-13(26)30-12-31-22(28)18-11-24-19-9-4-14(21(27)23-2)10-17(19)20(18)25-15-5-7-16(29-3)8-6-15/h4-11H,12H2,1-3H3,(H,23,27)(H,24,25). The topological polar surface area (TPSA) is 116 Å². The smallest absolute Gasteiger partial charge is 0.344 e. The summed E-state index contributed by atoms with van der Waals surface area (Å²) in [5.74, 6) is -0.915. The zero-order chi connectivity index (χ0) is 22.4. The molecule has 0 saturated heterocycles. The number of rotatable bonds is 7. The molecule has 0 atom stereocenters. The Morgan fingerprint density at radius 2 is 1.77 bits per heavy atom. The molecule has 0 saturated carbocycles. The van der Waals surface area contributed by atoms with Gasteiger partial charge in [0.05, 0.1) is 18.3 Å². The molecular weight excluding hydrogens is 402 g/mol. The van der Waals surface area contributed by atoms with E-state index in [9.17, 15) is 14.4 Å². The number of esters is 2. The van der Waals surface area contributed by atoms with E-state index in [-0.39, 0.29) is 11.5 Å². The van der Waals surface area contributed by atoms with E-state index in [0.29, 0.717) is 33.6 Å². The highest BCUT2D eigenvalue weighted by atomic mass is 16.7. The number of amides is 1. The van der Waals surface area contributed by atoms with Gasteiger partial charge in [-0.3, -0.25) is 14.6 Å². The number of carbonyl (C=O) groups is 3. The SMILES string of the molecule is CNC(=O)c1ccc2ncc(C(=O)OCOC(C)=O)c(Nc3ccc(OC)cc3)c2c1. The fourth-order valence-corrected chi connectivity index (χ4v) is 2.83. The van der Waals surface area contributed by atoms with Crippen LogP contribution in [0.5, 0.6) is 5.75 Å². The summed E-state index contributed by atoms with van der Waals surface area (Å²) < 4.78 is 14.9. The van der Waals surface area contributed by atoms with Crippen LogP contribution < -0.4 is 15.4 Å². The molecule has 2 N–H and O–H groups in total. The van der Waals surface area contributed by atoms with Crippen LogP contribution in [0.1, 0.15) is 27.6 Å². The van der Waals surface area contributed by atoms with E-state index in [1.54, 1.807) is 49.6 Å². The number of anilines is 2. The monoisotopic (exact) mass is 423 g/mol. The number of carbonyl (C=O) groups excluding carboxylic acids is 3. The summed E-state index contributed by atoms with van der Waals surface area (Å²) in [5, 5.41) is 6.31. The number of nitrogens with one attached hydrogen (secondary N) is 2. The lowest BCUT2D eigenvalue weighted by molar-refractivity contribution is -0.149. The van der Waals surface area contributed by atoms with Gasteiger partial charge in [0.15, 0.2) is 0 Å². The normalized spacial score (nSPS) is 10.3. The Morgan fingerprint density at radius 1 is 1.03 bits per heavy atom. The second kappa shape index (κ2) is 9.57. The van der Waals surface area contributed by atoms with E-state index in [1.807, 2.05) is 0 Å². The fraction of sp³-hybridized carbons (Fsp3) is 0.182. The molecule has 1 heterocycles. The molecule has 0 aliphatic rings. The number of hydrogen-bond donors (Lipinski definition) is 2. The van der Waals surface area contributed by atoms with Crippen molar-refractivity contribution >= 4 is 40.1 Å². The summed E-state index contributed by atoms with van der Waals surface area (Å²) in [6.07, 6.45) is 1.36. The molecule has 0 unspecified atom stereocenters. The van der Waals surface area contributed by atoms with Crippen LogP contribution in [0.2, 0.25) is 0 Å². The third-order valence-electron chi connectivity index (χ3n) is 4.39. The minimum atomic E-state index is -0.739. The fourth-order valence-electron chi connectivity index (χ4n) is 2.83. The number of fused-ring (bicyclic) bond motifs is 1. The van der Waals surface area contributed by atoms with Crippen molar-refractivity contribution in [2.45, 2.75) is 6.92 Å². The third-order valence-corrected chi connectivity index (χ3v) is 4.39. The highest BCUT2D eigenvalue weighted by Gasteiger charge is 2.19. The van der Waals surface area contributed by atoms with Crippen LogP contribution in [-0.4, -0.2) is 43.8 Å². The maximum Gasteiger partial charge on any atom is 0.344 e. The van der Waals surface area contributed by atoms with Gasteiger partial charge < -0.3 is 24.8 Å². The van der Waals surface area contributed by atoms with Crippen LogP contribution >= 0.6 is 0 Å². The molecule has 0 aliphatic heterocycles. The Labute approximate surface area is 178 Å². The summed E-state index contributed by atoms with van der Waals surface area (Å²) in [4.78, 5) is 40.0. The van der Waals surface area contributed by atoms with Gasteiger partial charge in [-0.05, 0) is 42.5 Å². The molecule has 2 aromatic carbocycles. The minimum Gasteiger partial charge on any atom is -0.497 e. The maximum absolute atomic E-state index is 12.7. The van der Waals surface area contributed by atoms with E-state index in [1.165, 1.54) is 20.2 Å². The zero-order valence-electron chi connectivity index (χ0n) is 17.2. The molecule has 0 radical (unpaired) electrons. The average Bonchev–Trinajstić information content (AvgIpc) is 2.78. The molecule has 1 amide bonds. The number of pyridine rings is 1. The molecule has 160 valence electrons. The van der Waals surface area contributed by atoms with Crippen LogP contribution in [0, 0.1) is 0 Å². The summed E-state index contributed by atoms with van der Waals surface area (Å²) in [6.45, 7) is 0.689. The van der Waals surface area contributed by atoms with E-state index in [0.717, 1.165) is 0 Å². The third kappa shape index (κ3) is 5.08. The molecule has 0 aliphatic carbocycles. The Kier molecular flexibility index (Phi) is 6.66. The zero-order valence-corrected chi connectivity index (χ0v) is 17.2. The molecular formula is C22H21N3O6. The molecule has 1 aromatic heterocycles. The van der Waals surface area contributed by atoms with Gasteiger partial charge in [-0.2, -0.15) is 0 Å². The van der Waals surface area contributed by atoms with E-state index < -0.39 is 18.7 Å². The Bertz CT molecular complexity index is 1130. The largest absolute Gasteiger partial charge is 0.497 e. The Morgan fingerprint density at radius 3 is 2.42 bits per heavy atom. The van der Waals surface area contributed by atoms with E-state index in [2.05, 4.69) is 20.4 Å². The first-order valence-electron chi connectivity index (χ1n) is 9.29. The van der Waals surface area contributed by atoms with Crippen molar-refractivity contribution in [3.05, 3.63) is 59.8 Å². The highest BCUT2D eigenvalue weighted by Crippen LogP contribution is 2.31. The van der Waals surface area contributed by atoms with Gasteiger partial charge in [-0.25, -0.2) is 4.79 Å². The second-order valence-electron chi connectivity index (χ2n) is 6.40. The van der Waals surface area contributed by atoms with Gasteiger partial charge in [0.25, 0.3) is 5.91 Å². The van der Waals surface area contributed by atoms with Crippen LogP contribution in [-0.2, 0) is 14.3 Å². The van der Waals surface area contributed by atoms with Gasteiger partial charge in [0.2, 0.25) is 6.79 Å². The highest BCUT2D eigenvalue weighted by molar-refractivity contribution is 6.08. The molecule has 3 rings (SSSR count). The number of nitrogens with zero attached hydrogens (tertiary/aromatic N) is 1. The van der Waals surface area contributed by atoms with Gasteiger partial charge in [0, 0.05) is 36.8 Å². The van der Waals surface area contributed by atoms with Gasteiger partial charge in [-0.1, -0.05) is 0 Å². The van der Waals surface area contributed by atoms with Crippen molar-refractivity contribution in [2.75, 3.05) is 26.3 Å². The van der Waals surface area contributed by atoms with Crippen LogP contribution in [0.25, 0.3) is 10.9 Å². The first-order valence-corrected chi connectivity index (χ1v) is 9.29. The van der Waals surface area contributed by atoms with Gasteiger partial charge in [0.1, 0.15) is 11.3 Å². The first kappa shape index (κ1) is 21.6. The average molecular weight is 423 g/mol. The predicted octanol–water partition coefficient (Wildman–Crippen LogP) is 3.02. The molecule has 9 nitrogen and oxygen atoms in total. The van der Waals surface area contributed by atoms with Crippen molar-refractivity contribution in [1.82, 2.24) is 10.3 Å². The van der Waals surface area contributed by atoms with Crippen molar-refractivity contribution in [1.29, 1.82) is 0 Å². The molecule has 0 bridgehead atoms. The van der Waals surface area contributed by atoms with Crippen LogP contribution in [0.15, 0.2) is 48.7 Å². The summed E-state index contributed by atoms with van der Waals surface area (Å²) in [6, 6.07) is 12.1. The summed E-state index contributed by atoms with van der Waals surface area (Å²) in [7, 11) is 3.10. The van der Waals surface area contributed by atoms with Crippen LogP contribution in [0.3, 0.4) is 0 Å². The lowest BCUT2D eigenvalue weighted by Gasteiger charge is -2.15. The van der Waals surface area contributed by atoms with E-state index in [4.69, 9.17) is 9.47 Å². The summed E-state index contributed by atoms with van der Waals surface area (Å²) >= 11 is 0. The van der Waals surface area contributed by atoms with Crippen molar-refractivity contribution in [2.24, 2.45) is 0 Å². The van der Waals surface area contributed by atoms with Crippen LogP contribution in [0.4, 0.5) is 11.4 Å². The lowest BCUT2D eigenvalue weighted by Crippen LogP contribution is -2.18. The van der Waals surface area contributed by atoms with Crippen molar-refractivity contribution < 1.29 is 28.6 Å². The molecule has 9 heteroatoms. The molecule has 0 spiro atoms. The lowest BCUT2D eigenvalue weighted by atomic mass is 10.1. The number of benzene rings is 2. The van der Waals surface area contributed by atoms with E-state index >= 15 is 0 Å². The predicted molar refractivity (Wildman–Crippen MR) is 113 cm³/mol. The minimum absolute atomic E-state index is 0.115. The van der Waals surface area contributed by atoms with Crippen molar-refractivity contribution in [3.63, 3.8) is 0 Å². The molecule has 31 heavy (non-hydrogen) atoms. The quantitative estimate of drug-likeness (QED) is 0.440. The molecule has 3 aromatic rings. The van der Waals surface area contributed by atoms with Gasteiger partial charge >= 0.3 is 11.9 Å². The van der Waals surface area contributed by atoms with Crippen molar-refractivity contribution in [3.8, 4) is 5.75 Å². The second-order valence-corrected chi connectivity index (χ2v) is 6.40. The molecule has 0 fully saturated rings. The Hall–Kier alpha value is -4.14. The Balaban J connectivity index is 2.07. The number of ether oxygens (including phenoxy) is 3. The number of hydrogen-bond acceptors (Lipinski definition) is 8.